The number of ether oxygens (including phenoxy) is 1. The Bertz CT molecular complexity index is 530. The molecule has 0 aromatic carbocycles. The molecule has 0 spiro atoms. The molecule has 2 saturated heterocycles. The largest absolute Gasteiger partial charge is 0.395 e. The van der Waals surface area contributed by atoms with Gasteiger partial charge in [-0.15, -0.1) is 0 Å². The number of halogens is 3. The van der Waals surface area contributed by atoms with E-state index in [1.165, 1.54) is 11.0 Å². The maximum atomic E-state index is 13.1. The normalized spacial score (nSPS) is 32.6. The number of amides is 1. The molecule has 4 unspecified atom stereocenters. The van der Waals surface area contributed by atoms with E-state index in [4.69, 9.17) is 4.74 Å². The van der Waals surface area contributed by atoms with Gasteiger partial charge in [0.2, 0.25) is 11.9 Å². The van der Waals surface area contributed by atoms with Crippen LogP contribution < -0.4 is 5.32 Å². The van der Waals surface area contributed by atoms with E-state index >= 15 is 0 Å². The zero-order valence-corrected chi connectivity index (χ0v) is 10.6. The molecule has 4 atom stereocenters. The number of aryl methyl sites for hydroxylation is 1. The third-order valence-corrected chi connectivity index (χ3v) is 3.90. The van der Waals surface area contributed by atoms with Crippen LogP contribution in [0.4, 0.5) is 19.1 Å². The highest BCUT2D eigenvalue weighted by Crippen LogP contribution is 2.50. The molecule has 20 heavy (non-hydrogen) atoms. The van der Waals surface area contributed by atoms with E-state index in [9.17, 15) is 18.0 Å². The van der Waals surface area contributed by atoms with Crippen molar-refractivity contribution in [2.75, 3.05) is 5.32 Å². The monoisotopic (exact) mass is 290 g/mol. The summed E-state index contributed by atoms with van der Waals surface area (Å²) < 4.78 is 45.8. The fourth-order valence-corrected chi connectivity index (χ4v) is 3.03. The van der Waals surface area contributed by atoms with Crippen LogP contribution in [0.3, 0.4) is 0 Å². The Morgan fingerprint density at radius 3 is 2.75 bits per heavy atom. The molecule has 0 radical (unpaired) electrons. The zero-order valence-electron chi connectivity index (χ0n) is 10.6. The maximum absolute atomic E-state index is 13.1. The molecular formula is C11H13F3N4O2. The molecule has 3 heterocycles. The van der Waals surface area contributed by atoms with Crippen LogP contribution in [0, 0.1) is 11.8 Å². The van der Waals surface area contributed by atoms with E-state index < -0.39 is 36.1 Å². The Morgan fingerprint density at radius 1 is 1.45 bits per heavy atom. The van der Waals surface area contributed by atoms with Crippen LogP contribution in [0.5, 0.6) is 0 Å². The number of anilines is 1. The molecular weight excluding hydrogens is 277 g/mol. The van der Waals surface area contributed by atoms with E-state index in [0.717, 1.165) is 0 Å². The van der Waals surface area contributed by atoms with Gasteiger partial charge in [-0.25, -0.2) is 4.68 Å². The number of rotatable bonds is 2. The van der Waals surface area contributed by atoms with Gasteiger partial charge < -0.3 is 4.74 Å². The summed E-state index contributed by atoms with van der Waals surface area (Å²) in [6.07, 6.45) is -3.97. The highest BCUT2D eigenvalue weighted by atomic mass is 19.4. The molecule has 2 fully saturated rings. The van der Waals surface area contributed by atoms with Gasteiger partial charge in [0.05, 0.1) is 24.0 Å². The molecule has 1 aromatic rings. The van der Waals surface area contributed by atoms with Crippen molar-refractivity contribution in [3.05, 3.63) is 6.33 Å². The highest BCUT2D eigenvalue weighted by molar-refractivity contribution is 5.92. The number of hydrogen-bond acceptors (Lipinski definition) is 4. The first-order chi connectivity index (χ1) is 9.38. The SMILES string of the molecule is Cn1ncnc1NC(=O)C1C2CCC(O2)C1C(F)(F)F. The quantitative estimate of drug-likeness (QED) is 0.886. The fraction of sp³-hybridized carbons (Fsp3) is 0.727. The van der Waals surface area contributed by atoms with Gasteiger partial charge in [0.1, 0.15) is 6.33 Å². The minimum atomic E-state index is -4.44. The lowest BCUT2D eigenvalue weighted by Gasteiger charge is -2.28. The minimum Gasteiger partial charge on any atom is -0.373 e. The van der Waals surface area contributed by atoms with Gasteiger partial charge in [0.25, 0.3) is 0 Å². The van der Waals surface area contributed by atoms with E-state index in [1.54, 1.807) is 7.05 Å². The number of alkyl halides is 3. The van der Waals surface area contributed by atoms with Gasteiger partial charge in [-0.05, 0) is 12.8 Å². The first kappa shape index (κ1) is 13.3. The Morgan fingerprint density at radius 2 is 2.15 bits per heavy atom. The summed E-state index contributed by atoms with van der Waals surface area (Å²) in [7, 11) is 1.54. The standard InChI is InChI=1S/C11H13F3N4O2/c1-18-10(15-4-16-18)17-9(19)7-5-2-3-6(20-5)8(7)11(12,13)14/h4-8H,2-3H2,1H3,(H,15,16,17,19). The Labute approximate surface area is 112 Å². The van der Waals surface area contributed by atoms with Crippen LogP contribution in [-0.2, 0) is 16.6 Å². The number of fused-ring (bicyclic) bond motifs is 2. The van der Waals surface area contributed by atoms with Crippen molar-refractivity contribution < 1.29 is 22.7 Å². The summed E-state index contributed by atoms with van der Waals surface area (Å²) >= 11 is 0. The zero-order chi connectivity index (χ0) is 14.5. The van der Waals surface area contributed by atoms with Crippen molar-refractivity contribution in [2.24, 2.45) is 18.9 Å². The molecule has 3 rings (SSSR count). The van der Waals surface area contributed by atoms with E-state index in [2.05, 4.69) is 15.4 Å². The molecule has 0 aliphatic carbocycles. The molecule has 110 valence electrons. The summed E-state index contributed by atoms with van der Waals surface area (Å²) in [6.45, 7) is 0. The Kier molecular flexibility index (Phi) is 2.96. The van der Waals surface area contributed by atoms with E-state index in [0.29, 0.717) is 12.8 Å². The van der Waals surface area contributed by atoms with Gasteiger partial charge in [-0.3, -0.25) is 10.1 Å². The second-order valence-corrected chi connectivity index (χ2v) is 5.08. The number of carbonyl (C=O) groups is 1. The lowest BCUT2D eigenvalue weighted by atomic mass is 9.78. The molecule has 6 nitrogen and oxygen atoms in total. The topological polar surface area (TPSA) is 69.0 Å². The smallest absolute Gasteiger partial charge is 0.373 e. The average Bonchev–Trinajstić information content (AvgIpc) is 3.03. The van der Waals surface area contributed by atoms with Crippen molar-refractivity contribution in [3.63, 3.8) is 0 Å². The molecule has 2 aliphatic rings. The van der Waals surface area contributed by atoms with Crippen molar-refractivity contribution >= 4 is 11.9 Å². The van der Waals surface area contributed by atoms with Crippen LogP contribution >= 0.6 is 0 Å². The van der Waals surface area contributed by atoms with Crippen molar-refractivity contribution in [1.82, 2.24) is 14.8 Å². The Balaban J connectivity index is 1.81. The molecule has 0 saturated carbocycles. The summed E-state index contributed by atoms with van der Waals surface area (Å²) in [5.41, 5.74) is 0. The first-order valence-electron chi connectivity index (χ1n) is 6.25. The second-order valence-electron chi connectivity index (χ2n) is 5.08. The number of nitrogens with one attached hydrogen (secondary N) is 1. The number of hydrogen-bond donors (Lipinski definition) is 1. The predicted octanol–water partition coefficient (Wildman–Crippen LogP) is 1.11. The molecule has 2 bridgehead atoms. The van der Waals surface area contributed by atoms with Crippen LogP contribution in [0.25, 0.3) is 0 Å². The van der Waals surface area contributed by atoms with Gasteiger partial charge in [-0.2, -0.15) is 23.3 Å². The lowest BCUT2D eigenvalue weighted by Crippen LogP contribution is -2.44. The molecule has 2 aliphatic heterocycles. The number of aromatic nitrogens is 3. The molecule has 1 N–H and O–H groups in total. The van der Waals surface area contributed by atoms with Gasteiger partial charge in [0, 0.05) is 7.05 Å². The summed E-state index contributed by atoms with van der Waals surface area (Å²) in [4.78, 5) is 15.9. The van der Waals surface area contributed by atoms with Crippen LogP contribution in [0.15, 0.2) is 6.33 Å². The summed E-state index contributed by atoms with van der Waals surface area (Å²) in [5.74, 6) is -3.55. The predicted molar refractivity (Wildman–Crippen MR) is 60.6 cm³/mol. The minimum absolute atomic E-state index is 0.124. The molecule has 9 heteroatoms. The van der Waals surface area contributed by atoms with Crippen LogP contribution in [0.2, 0.25) is 0 Å². The van der Waals surface area contributed by atoms with Crippen molar-refractivity contribution in [1.29, 1.82) is 0 Å². The first-order valence-corrected chi connectivity index (χ1v) is 6.25. The van der Waals surface area contributed by atoms with E-state index in [1.807, 2.05) is 0 Å². The van der Waals surface area contributed by atoms with Crippen molar-refractivity contribution in [2.45, 2.75) is 31.2 Å². The molecule has 1 aromatic heterocycles. The average molecular weight is 290 g/mol. The molecule has 1 amide bonds. The van der Waals surface area contributed by atoms with Gasteiger partial charge >= 0.3 is 6.18 Å². The van der Waals surface area contributed by atoms with Crippen LogP contribution in [-0.4, -0.2) is 39.1 Å². The fourth-order valence-electron chi connectivity index (χ4n) is 3.03. The third-order valence-electron chi connectivity index (χ3n) is 3.90. The number of carbonyl (C=O) groups excluding carboxylic acids is 1. The van der Waals surface area contributed by atoms with Gasteiger partial charge in [0.15, 0.2) is 0 Å². The van der Waals surface area contributed by atoms with Crippen LogP contribution in [0.1, 0.15) is 12.8 Å². The van der Waals surface area contributed by atoms with E-state index in [-0.39, 0.29) is 5.95 Å². The highest BCUT2D eigenvalue weighted by Gasteiger charge is 2.62. The summed E-state index contributed by atoms with van der Waals surface area (Å²) in [5, 5.41) is 6.14. The Hall–Kier alpha value is -1.64. The third kappa shape index (κ3) is 2.05. The lowest BCUT2D eigenvalue weighted by molar-refractivity contribution is -0.196. The van der Waals surface area contributed by atoms with Gasteiger partial charge in [-0.1, -0.05) is 0 Å². The second kappa shape index (κ2) is 4.44. The summed E-state index contributed by atoms with van der Waals surface area (Å²) in [6, 6.07) is 0. The maximum Gasteiger partial charge on any atom is 0.395 e. The number of nitrogens with zero attached hydrogens (tertiary/aromatic N) is 3. The van der Waals surface area contributed by atoms with Crippen molar-refractivity contribution in [3.8, 4) is 0 Å².